The quantitative estimate of drug-likeness (QED) is 0.697. The molecule has 33 heavy (non-hydrogen) atoms. The zero-order chi connectivity index (χ0) is 23.9. The lowest BCUT2D eigenvalue weighted by Crippen LogP contribution is -2.50. The van der Waals surface area contributed by atoms with Gasteiger partial charge in [0.25, 0.3) is 0 Å². The van der Waals surface area contributed by atoms with Crippen molar-refractivity contribution in [1.29, 1.82) is 0 Å². The number of fused-ring (bicyclic) bond motifs is 1. The van der Waals surface area contributed by atoms with Crippen molar-refractivity contribution in [3.63, 3.8) is 0 Å². The summed E-state index contributed by atoms with van der Waals surface area (Å²) in [5.74, 6) is -0.470. The van der Waals surface area contributed by atoms with Crippen molar-refractivity contribution >= 4 is 28.4 Å². The molecule has 0 radical (unpaired) electrons. The average molecular weight is 481 g/mol. The van der Waals surface area contributed by atoms with Crippen LogP contribution >= 0.6 is 0 Å². The third-order valence-corrected chi connectivity index (χ3v) is 7.15. The first-order valence-electron chi connectivity index (χ1n) is 10.8. The molecule has 11 heteroatoms. The maximum absolute atomic E-state index is 14.8. The molecule has 1 aromatic heterocycles. The van der Waals surface area contributed by atoms with E-state index in [2.05, 4.69) is 9.97 Å². The van der Waals surface area contributed by atoms with Gasteiger partial charge in [-0.1, -0.05) is 13.8 Å². The molecule has 4 rings (SSSR count). The summed E-state index contributed by atoms with van der Waals surface area (Å²) in [7, 11) is -1.65. The molecule has 2 aromatic rings. The highest BCUT2D eigenvalue weighted by Crippen LogP contribution is 2.39. The number of carbonyl (C=O) groups is 1. The number of amides is 1. The second-order valence-electron chi connectivity index (χ2n) is 8.62. The van der Waals surface area contributed by atoms with Crippen LogP contribution in [0, 0.1) is 17.6 Å². The van der Waals surface area contributed by atoms with E-state index in [1.807, 2.05) is 13.8 Å². The van der Waals surface area contributed by atoms with Gasteiger partial charge in [0.05, 0.1) is 26.9 Å². The molecule has 3 atom stereocenters. The van der Waals surface area contributed by atoms with E-state index in [4.69, 9.17) is 4.74 Å². The number of nitrogens with zero attached hydrogens (tertiary/aromatic N) is 4. The van der Waals surface area contributed by atoms with Crippen LogP contribution in [-0.4, -0.2) is 61.8 Å². The Morgan fingerprint density at radius 1 is 1.24 bits per heavy atom. The van der Waals surface area contributed by atoms with Gasteiger partial charge >= 0.3 is 6.09 Å². The number of anilines is 2. The first-order valence-corrected chi connectivity index (χ1v) is 12.3. The summed E-state index contributed by atoms with van der Waals surface area (Å²) in [5, 5.41) is 9.47. The Hall–Kier alpha value is -2.82. The Morgan fingerprint density at radius 2 is 2.00 bits per heavy atom. The number of hydrogen-bond donors (Lipinski definition) is 1. The number of carboxylic acid groups (broad SMARTS) is 1. The molecule has 1 N–H and O–H groups in total. The first-order chi connectivity index (χ1) is 15.7. The van der Waals surface area contributed by atoms with Crippen LogP contribution in [0.5, 0.6) is 5.88 Å². The summed E-state index contributed by atoms with van der Waals surface area (Å²) in [6.45, 7) is 4.70. The maximum Gasteiger partial charge on any atom is 0.407 e. The molecule has 1 fully saturated rings. The van der Waals surface area contributed by atoms with Crippen molar-refractivity contribution in [3.05, 3.63) is 35.7 Å². The fraction of sp³-hybridized carbons (Fsp3) is 0.500. The van der Waals surface area contributed by atoms with E-state index >= 15 is 0 Å². The largest absolute Gasteiger partial charge is 0.474 e. The molecule has 1 aromatic carbocycles. The van der Waals surface area contributed by atoms with Gasteiger partial charge in [0.15, 0.2) is 0 Å². The predicted molar refractivity (Wildman–Crippen MR) is 118 cm³/mol. The van der Waals surface area contributed by atoms with Gasteiger partial charge in [-0.3, -0.25) is 4.21 Å². The van der Waals surface area contributed by atoms with Crippen molar-refractivity contribution in [2.24, 2.45) is 5.92 Å². The molecule has 178 valence electrons. The minimum atomic E-state index is -1.65. The van der Waals surface area contributed by atoms with Crippen molar-refractivity contribution in [2.45, 2.75) is 50.2 Å². The van der Waals surface area contributed by atoms with Gasteiger partial charge in [-0.25, -0.2) is 23.5 Å². The number of rotatable bonds is 5. The molecule has 1 amide bonds. The van der Waals surface area contributed by atoms with Gasteiger partial charge in [0, 0.05) is 44.3 Å². The van der Waals surface area contributed by atoms with Gasteiger partial charge in [-0.15, -0.1) is 0 Å². The van der Waals surface area contributed by atoms with E-state index in [1.54, 1.807) is 4.90 Å². The number of benzene rings is 1. The van der Waals surface area contributed by atoms with E-state index in [0.29, 0.717) is 49.6 Å². The van der Waals surface area contributed by atoms with Gasteiger partial charge in [0.1, 0.15) is 29.9 Å². The van der Waals surface area contributed by atoms with Gasteiger partial charge in [-0.05, 0) is 18.4 Å². The third kappa shape index (κ3) is 4.50. The lowest BCUT2D eigenvalue weighted by molar-refractivity contribution is 0.0361. The molecule has 0 aliphatic carbocycles. The minimum absolute atomic E-state index is 0.0136. The third-order valence-electron chi connectivity index (χ3n) is 6.22. The summed E-state index contributed by atoms with van der Waals surface area (Å²) in [6, 6.07) is 1.84. The zero-order valence-corrected chi connectivity index (χ0v) is 19.4. The Labute approximate surface area is 193 Å². The van der Waals surface area contributed by atoms with Crippen LogP contribution in [0.1, 0.15) is 32.3 Å². The van der Waals surface area contributed by atoms with E-state index in [-0.39, 0.29) is 28.6 Å². The average Bonchev–Trinajstić information content (AvgIpc) is 3.19. The van der Waals surface area contributed by atoms with Crippen LogP contribution in [0.25, 0.3) is 0 Å². The molecule has 3 heterocycles. The van der Waals surface area contributed by atoms with Crippen molar-refractivity contribution < 1.29 is 27.6 Å². The van der Waals surface area contributed by atoms with Crippen molar-refractivity contribution in [2.75, 3.05) is 24.2 Å². The Bertz CT molecular complexity index is 1100. The van der Waals surface area contributed by atoms with Crippen molar-refractivity contribution in [3.8, 4) is 5.88 Å². The standard InChI is InChI=1S/C22H26F2N4O4S/c1-12(2)17-8-13(4-6-28(17)22(29)30)32-21-14-5-7-27(20(14)25-11-26-21)18-9-16(24)19(33(3)31)10-15(18)23/h9-13,17H,4-8H2,1-3H3,(H,29,30)/t13?,17?,33-/m0/s1. The molecule has 2 aliphatic heterocycles. The summed E-state index contributed by atoms with van der Waals surface area (Å²) in [6.07, 6.45) is 3.03. The lowest BCUT2D eigenvalue weighted by Gasteiger charge is -2.39. The van der Waals surface area contributed by atoms with Crippen LogP contribution in [0.2, 0.25) is 0 Å². The lowest BCUT2D eigenvalue weighted by atomic mass is 9.91. The van der Waals surface area contributed by atoms with Crippen LogP contribution in [0.3, 0.4) is 0 Å². The van der Waals surface area contributed by atoms with E-state index in [1.165, 1.54) is 17.5 Å². The van der Waals surface area contributed by atoms with E-state index < -0.39 is 28.5 Å². The van der Waals surface area contributed by atoms with Gasteiger partial charge < -0.3 is 19.6 Å². The Kier molecular flexibility index (Phi) is 6.51. The Balaban J connectivity index is 1.58. The van der Waals surface area contributed by atoms with Crippen LogP contribution in [0.4, 0.5) is 25.1 Å². The van der Waals surface area contributed by atoms with E-state index in [0.717, 1.165) is 12.1 Å². The maximum atomic E-state index is 14.8. The zero-order valence-electron chi connectivity index (χ0n) is 18.6. The number of likely N-dealkylation sites (tertiary alicyclic amines) is 1. The predicted octanol–water partition coefficient (Wildman–Crippen LogP) is 3.73. The molecule has 2 unspecified atom stereocenters. The Morgan fingerprint density at radius 3 is 2.67 bits per heavy atom. The van der Waals surface area contributed by atoms with Crippen LogP contribution in [-0.2, 0) is 17.2 Å². The second-order valence-corrected chi connectivity index (χ2v) is 9.97. The summed E-state index contributed by atoms with van der Waals surface area (Å²) in [5.41, 5.74) is 0.710. The first kappa shape index (κ1) is 23.3. The summed E-state index contributed by atoms with van der Waals surface area (Å²) >= 11 is 0. The smallest absolute Gasteiger partial charge is 0.407 e. The van der Waals surface area contributed by atoms with Crippen LogP contribution in [0.15, 0.2) is 23.4 Å². The summed E-state index contributed by atoms with van der Waals surface area (Å²) < 4.78 is 47.0. The highest BCUT2D eigenvalue weighted by Gasteiger charge is 2.36. The number of halogens is 2. The fourth-order valence-corrected chi connectivity index (χ4v) is 5.15. The fourth-order valence-electron chi connectivity index (χ4n) is 4.55. The second kappa shape index (κ2) is 9.20. The highest BCUT2D eigenvalue weighted by molar-refractivity contribution is 7.84. The number of aromatic nitrogens is 2. The van der Waals surface area contributed by atoms with Crippen LogP contribution < -0.4 is 9.64 Å². The number of hydrogen-bond acceptors (Lipinski definition) is 6. The SMILES string of the molecule is CC(C)C1CC(Oc2ncnc3c2CCN3c2cc(F)c([S@](C)=O)cc2F)CCN1C(=O)O. The molecular formula is C22H26F2N4O4S. The van der Waals surface area contributed by atoms with Gasteiger partial charge in [0.2, 0.25) is 5.88 Å². The molecule has 8 nitrogen and oxygen atoms in total. The monoisotopic (exact) mass is 480 g/mol. The molecule has 0 saturated carbocycles. The molecule has 1 saturated heterocycles. The van der Waals surface area contributed by atoms with Gasteiger partial charge in [-0.2, -0.15) is 0 Å². The number of piperidine rings is 1. The molecule has 0 spiro atoms. The van der Waals surface area contributed by atoms with E-state index in [9.17, 15) is 22.9 Å². The highest BCUT2D eigenvalue weighted by atomic mass is 32.2. The van der Waals surface area contributed by atoms with Crippen molar-refractivity contribution in [1.82, 2.24) is 14.9 Å². The molecule has 0 bridgehead atoms. The molecule has 2 aliphatic rings. The topological polar surface area (TPSA) is 95.9 Å². The number of ether oxygens (including phenoxy) is 1. The summed E-state index contributed by atoms with van der Waals surface area (Å²) in [4.78, 5) is 22.9. The minimum Gasteiger partial charge on any atom is -0.474 e. The molecular weight excluding hydrogens is 454 g/mol. The normalized spacial score (nSPS) is 21.3.